The average Bonchev–Trinajstić information content (AvgIpc) is 3.13. The maximum Gasteiger partial charge on any atom is 0.117 e. The van der Waals surface area contributed by atoms with E-state index in [1.54, 1.807) is 6.26 Å². The Bertz CT molecular complexity index is 600. The van der Waals surface area contributed by atoms with Crippen LogP contribution in [0.25, 0.3) is 0 Å². The van der Waals surface area contributed by atoms with Gasteiger partial charge in [-0.05, 0) is 49.4 Å². The number of halogens is 1. The Morgan fingerprint density at radius 2 is 1.96 bits per heavy atom. The minimum absolute atomic E-state index is 0. The first-order valence-electron chi connectivity index (χ1n) is 9.10. The van der Waals surface area contributed by atoms with Crippen LogP contribution in [0, 0.1) is 5.92 Å². The molecule has 25 heavy (non-hydrogen) atoms. The fraction of sp³-hybridized carbons (Fsp3) is 0.524. The Balaban J connectivity index is 0.00000225. The summed E-state index contributed by atoms with van der Waals surface area (Å²) in [5.74, 6) is 1.56. The molecule has 0 aliphatic carbocycles. The minimum atomic E-state index is 0. The largest absolute Gasteiger partial charge is 0.468 e. The molecule has 0 amide bonds. The molecular weight excluding hydrogens is 334 g/mol. The molecule has 0 radical (unpaired) electrons. The van der Waals surface area contributed by atoms with E-state index in [0.29, 0.717) is 12.0 Å². The molecule has 0 spiro atoms. The molecule has 138 valence electrons. The van der Waals surface area contributed by atoms with E-state index in [1.807, 2.05) is 12.1 Å². The predicted octanol–water partition coefficient (Wildman–Crippen LogP) is 4.95. The van der Waals surface area contributed by atoms with Crippen LogP contribution in [0.1, 0.15) is 44.4 Å². The molecule has 2 atom stereocenters. The zero-order valence-electron chi connectivity index (χ0n) is 15.2. The molecule has 1 aliphatic heterocycles. The maximum absolute atomic E-state index is 6.05. The molecule has 1 aromatic heterocycles. The summed E-state index contributed by atoms with van der Waals surface area (Å²) >= 11 is 0. The number of benzene rings is 1. The smallest absolute Gasteiger partial charge is 0.117 e. The lowest BCUT2D eigenvalue weighted by Gasteiger charge is -2.43. The predicted molar refractivity (Wildman–Crippen MR) is 104 cm³/mol. The van der Waals surface area contributed by atoms with Crippen molar-refractivity contribution < 1.29 is 9.15 Å². The van der Waals surface area contributed by atoms with Crippen LogP contribution >= 0.6 is 12.4 Å². The summed E-state index contributed by atoms with van der Waals surface area (Å²) in [5.41, 5.74) is 1.67. The van der Waals surface area contributed by atoms with E-state index in [4.69, 9.17) is 9.15 Å². The van der Waals surface area contributed by atoms with Gasteiger partial charge in [-0.3, -0.25) is 0 Å². The number of hydrogen-bond acceptors (Lipinski definition) is 3. The normalized spacial score (nSPS) is 23.4. The Hall–Kier alpha value is -1.29. The summed E-state index contributed by atoms with van der Waals surface area (Å²) in [6, 6.07) is 15.0. The molecule has 1 N–H and O–H groups in total. The molecule has 4 heteroatoms. The van der Waals surface area contributed by atoms with E-state index in [-0.39, 0.29) is 17.8 Å². The zero-order valence-corrected chi connectivity index (χ0v) is 16.1. The highest BCUT2D eigenvalue weighted by Gasteiger charge is 2.38. The van der Waals surface area contributed by atoms with Crippen molar-refractivity contribution in [2.45, 2.75) is 51.2 Å². The monoisotopic (exact) mass is 363 g/mol. The zero-order chi connectivity index (χ0) is 16.8. The third-order valence-corrected chi connectivity index (χ3v) is 5.29. The van der Waals surface area contributed by atoms with Crippen LogP contribution < -0.4 is 5.32 Å². The molecule has 1 aromatic carbocycles. The van der Waals surface area contributed by atoms with Crippen LogP contribution in [0.3, 0.4) is 0 Å². The van der Waals surface area contributed by atoms with Crippen LogP contribution in [0.4, 0.5) is 0 Å². The first-order valence-corrected chi connectivity index (χ1v) is 9.10. The van der Waals surface area contributed by atoms with Crippen molar-refractivity contribution >= 4 is 12.4 Å². The average molecular weight is 364 g/mol. The molecule has 1 saturated heterocycles. The Morgan fingerprint density at radius 3 is 2.64 bits per heavy atom. The van der Waals surface area contributed by atoms with Gasteiger partial charge in [-0.2, -0.15) is 0 Å². The van der Waals surface area contributed by atoms with Crippen molar-refractivity contribution in [3.63, 3.8) is 0 Å². The third kappa shape index (κ3) is 5.10. The van der Waals surface area contributed by atoms with Crippen LogP contribution in [0.5, 0.6) is 0 Å². The van der Waals surface area contributed by atoms with E-state index >= 15 is 0 Å². The molecule has 3 rings (SSSR count). The van der Waals surface area contributed by atoms with Crippen molar-refractivity contribution in [2.75, 3.05) is 13.2 Å². The number of hydrogen-bond donors (Lipinski definition) is 1. The topological polar surface area (TPSA) is 34.4 Å². The van der Waals surface area contributed by atoms with Crippen molar-refractivity contribution in [1.29, 1.82) is 0 Å². The number of rotatable bonds is 7. The molecule has 0 saturated carbocycles. The van der Waals surface area contributed by atoms with Gasteiger partial charge in [-0.25, -0.2) is 0 Å². The minimum Gasteiger partial charge on any atom is -0.468 e. The molecule has 0 bridgehead atoms. The van der Waals surface area contributed by atoms with Gasteiger partial charge in [0.1, 0.15) is 5.76 Å². The first kappa shape index (κ1) is 20.0. The summed E-state index contributed by atoms with van der Waals surface area (Å²) in [6.45, 7) is 7.17. The van der Waals surface area contributed by atoms with Gasteiger partial charge in [0.25, 0.3) is 0 Å². The second-order valence-corrected chi connectivity index (χ2v) is 7.26. The number of ether oxygens (including phenoxy) is 1. The molecule has 2 unspecified atom stereocenters. The van der Waals surface area contributed by atoms with Gasteiger partial charge < -0.3 is 14.5 Å². The molecule has 2 aromatic rings. The number of furan rings is 1. The van der Waals surface area contributed by atoms with Gasteiger partial charge in [0.2, 0.25) is 0 Å². The van der Waals surface area contributed by atoms with Gasteiger partial charge in [0, 0.05) is 12.0 Å². The second-order valence-electron chi connectivity index (χ2n) is 7.26. The van der Waals surface area contributed by atoms with Gasteiger partial charge in [-0.15, -0.1) is 12.4 Å². The Labute approximate surface area is 157 Å². The van der Waals surface area contributed by atoms with Crippen molar-refractivity contribution in [3.05, 3.63) is 60.1 Å². The van der Waals surface area contributed by atoms with E-state index in [0.717, 1.165) is 44.7 Å². The fourth-order valence-corrected chi connectivity index (χ4v) is 3.76. The van der Waals surface area contributed by atoms with Crippen LogP contribution in [-0.2, 0) is 16.7 Å². The fourth-order valence-electron chi connectivity index (χ4n) is 3.76. The quantitative estimate of drug-likeness (QED) is 0.706. The van der Waals surface area contributed by atoms with Crippen molar-refractivity contribution in [2.24, 2.45) is 5.92 Å². The Kier molecular flexibility index (Phi) is 7.55. The lowest BCUT2D eigenvalue weighted by Crippen LogP contribution is -2.42. The standard InChI is InChI=1S/C21H29NO2.ClH/c1-17(2)20-15-21(11-14-24-20,18-7-4-3-5-8-18)10-12-22-16-19-9-6-13-23-19;/h3-9,13,17,20,22H,10-12,14-16H2,1-2H3;1H. The van der Waals surface area contributed by atoms with Gasteiger partial charge in [-0.1, -0.05) is 44.2 Å². The van der Waals surface area contributed by atoms with Gasteiger partial charge >= 0.3 is 0 Å². The second kappa shape index (κ2) is 9.42. The van der Waals surface area contributed by atoms with Gasteiger partial charge in [0.15, 0.2) is 0 Å². The molecule has 1 fully saturated rings. The molecule has 2 heterocycles. The summed E-state index contributed by atoms with van der Waals surface area (Å²) in [6.07, 6.45) is 5.42. The van der Waals surface area contributed by atoms with E-state index < -0.39 is 0 Å². The highest BCUT2D eigenvalue weighted by atomic mass is 35.5. The van der Waals surface area contributed by atoms with Crippen molar-refractivity contribution in [1.82, 2.24) is 5.32 Å². The molecule has 3 nitrogen and oxygen atoms in total. The van der Waals surface area contributed by atoms with Crippen LogP contribution in [0.2, 0.25) is 0 Å². The third-order valence-electron chi connectivity index (χ3n) is 5.29. The van der Waals surface area contributed by atoms with E-state index in [2.05, 4.69) is 49.5 Å². The lowest BCUT2D eigenvalue weighted by atomic mass is 9.68. The summed E-state index contributed by atoms with van der Waals surface area (Å²) in [4.78, 5) is 0. The number of nitrogens with one attached hydrogen (secondary N) is 1. The molecular formula is C21H30ClNO2. The van der Waals surface area contributed by atoms with Crippen LogP contribution in [0.15, 0.2) is 53.1 Å². The summed E-state index contributed by atoms with van der Waals surface area (Å²) in [7, 11) is 0. The summed E-state index contributed by atoms with van der Waals surface area (Å²) < 4.78 is 11.4. The first-order chi connectivity index (χ1) is 11.7. The van der Waals surface area contributed by atoms with E-state index in [1.165, 1.54) is 5.56 Å². The lowest BCUT2D eigenvalue weighted by molar-refractivity contribution is -0.0469. The Morgan fingerprint density at radius 1 is 1.16 bits per heavy atom. The van der Waals surface area contributed by atoms with Gasteiger partial charge in [0.05, 0.1) is 18.9 Å². The SMILES string of the molecule is CC(C)C1CC(CCNCc2ccco2)(c2ccccc2)CCO1.Cl. The van der Waals surface area contributed by atoms with Crippen LogP contribution in [-0.4, -0.2) is 19.3 Å². The molecule has 1 aliphatic rings. The highest BCUT2D eigenvalue weighted by molar-refractivity contribution is 5.85. The van der Waals surface area contributed by atoms with Crippen molar-refractivity contribution in [3.8, 4) is 0 Å². The maximum atomic E-state index is 6.05. The summed E-state index contributed by atoms with van der Waals surface area (Å²) in [5, 5.41) is 3.54. The van der Waals surface area contributed by atoms with E-state index in [9.17, 15) is 0 Å². The highest BCUT2D eigenvalue weighted by Crippen LogP contribution is 2.41.